The predicted molar refractivity (Wildman–Crippen MR) is 86.1 cm³/mol. The van der Waals surface area contributed by atoms with Gasteiger partial charge in [-0.2, -0.15) is 4.39 Å². The lowest BCUT2D eigenvalue weighted by Crippen LogP contribution is -2.43. The molecule has 1 aromatic carbocycles. The summed E-state index contributed by atoms with van der Waals surface area (Å²) in [5.74, 6) is -1.29. The summed E-state index contributed by atoms with van der Waals surface area (Å²) in [7, 11) is 0. The maximum absolute atomic E-state index is 13.0. The lowest BCUT2D eigenvalue weighted by atomic mass is 9.64. The topological polar surface area (TPSA) is 26.3 Å². The van der Waals surface area contributed by atoms with E-state index in [0.29, 0.717) is 5.92 Å². The normalized spacial score (nSPS) is 25.5. The fraction of sp³-hybridized carbons (Fsp3) is 0.526. The van der Waals surface area contributed by atoms with Gasteiger partial charge in [-0.1, -0.05) is 64.1 Å². The zero-order valence-electron chi connectivity index (χ0n) is 13.6. The molecule has 120 valence electrons. The highest BCUT2D eigenvalue weighted by atomic mass is 19.1. The molecule has 0 bridgehead atoms. The largest absolute Gasteiger partial charge is 0.457 e. The molecule has 0 radical (unpaired) electrons. The number of halogens is 1. The summed E-state index contributed by atoms with van der Waals surface area (Å²) in [5.41, 5.74) is 1.08. The van der Waals surface area contributed by atoms with Gasteiger partial charge in [-0.05, 0) is 29.7 Å². The van der Waals surface area contributed by atoms with Crippen LogP contribution in [-0.4, -0.2) is 12.1 Å². The zero-order valence-corrected chi connectivity index (χ0v) is 13.6. The van der Waals surface area contributed by atoms with Gasteiger partial charge < -0.3 is 4.74 Å². The van der Waals surface area contributed by atoms with Crippen molar-refractivity contribution in [2.24, 2.45) is 11.8 Å². The van der Waals surface area contributed by atoms with Crippen LogP contribution in [0.4, 0.5) is 4.39 Å². The van der Waals surface area contributed by atoms with Crippen molar-refractivity contribution in [2.45, 2.75) is 51.6 Å². The fourth-order valence-corrected chi connectivity index (χ4v) is 3.57. The van der Waals surface area contributed by atoms with Crippen molar-refractivity contribution in [2.75, 3.05) is 0 Å². The number of ether oxygens (including phenoxy) is 1. The highest BCUT2D eigenvalue weighted by Crippen LogP contribution is 2.43. The highest BCUT2D eigenvalue weighted by Gasteiger charge is 2.42. The van der Waals surface area contributed by atoms with Crippen LogP contribution in [-0.2, 0) is 14.9 Å². The second-order valence-electron chi connectivity index (χ2n) is 6.96. The summed E-state index contributed by atoms with van der Waals surface area (Å²) in [6.45, 7) is 9.54. The quantitative estimate of drug-likeness (QED) is 0.590. The zero-order chi connectivity index (χ0) is 16.3. The smallest absolute Gasteiger partial charge is 0.366 e. The minimum atomic E-state index is -1.02. The first kappa shape index (κ1) is 16.7. The molecule has 1 aromatic rings. The number of esters is 1. The van der Waals surface area contributed by atoms with E-state index >= 15 is 0 Å². The summed E-state index contributed by atoms with van der Waals surface area (Å²) in [6, 6.07) is 10.2. The highest BCUT2D eigenvalue weighted by molar-refractivity contribution is 5.85. The number of hydrogen-bond acceptors (Lipinski definition) is 2. The molecule has 1 aliphatic carbocycles. The van der Waals surface area contributed by atoms with Gasteiger partial charge in [0, 0.05) is 5.92 Å². The van der Waals surface area contributed by atoms with Crippen LogP contribution in [0.25, 0.3) is 0 Å². The Kier molecular flexibility index (Phi) is 5.05. The molecule has 0 aromatic heterocycles. The van der Waals surface area contributed by atoms with Gasteiger partial charge in [-0.3, -0.25) is 0 Å². The van der Waals surface area contributed by atoms with Gasteiger partial charge in [0.25, 0.3) is 0 Å². The van der Waals surface area contributed by atoms with E-state index in [-0.39, 0.29) is 17.4 Å². The Balaban J connectivity index is 2.25. The van der Waals surface area contributed by atoms with Crippen LogP contribution in [0.15, 0.2) is 42.7 Å². The first-order valence-electron chi connectivity index (χ1n) is 7.93. The lowest BCUT2D eigenvalue weighted by molar-refractivity contribution is -0.153. The van der Waals surface area contributed by atoms with Crippen LogP contribution in [0.2, 0.25) is 0 Å². The Morgan fingerprint density at radius 1 is 1.27 bits per heavy atom. The molecule has 1 aliphatic rings. The summed E-state index contributed by atoms with van der Waals surface area (Å²) in [5, 5.41) is 0. The van der Waals surface area contributed by atoms with Crippen molar-refractivity contribution in [3.8, 4) is 0 Å². The van der Waals surface area contributed by atoms with Crippen molar-refractivity contribution in [1.29, 1.82) is 0 Å². The fourth-order valence-electron chi connectivity index (χ4n) is 3.57. The van der Waals surface area contributed by atoms with Crippen molar-refractivity contribution in [3.63, 3.8) is 0 Å². The molecule has 0 aliphatic heterocycles. The summed E-state index contributed by atoms with van der Waals surface area (Å²) >= 11 is 0. The molecule has 22 heavy (non-hydrogen) atoms. The third-order valence-corrected chi connectivity index (χ3v) is 4.98. The molecular formula is C19H25FO2. The Morgan fingerprint density at radius 2 is 1.91 bits per heavy atom. The predicted octanol–water partition coefficient (Wildman–Crippen LogP) is 4.80. The first-order valence-corrected chi connectivity index (χ1v) is 7.93. The average Bonchev–Trinajstić information content (AvgIpc) is 2.47. The van der Waals surface area contributed by atoms with Gasteiger partial charge in [0.2, 0.25) is 5.83 Å². The molecule has 0 unspecified atom stereocenters. The maximum atomic E-state index is 13.0. The molecule has 3 heteroatoms. The number of carbonyl (C=O) groups excluding carboxylic acids is 1. The number of benzene rings is 1. The third kappa shape index (κ3) is 3.57. The van der Waals surface area contributed by atoms with Crippen LogP contribution in [0, 0.1) is 11.8 Å². The van der Waals surface area contributed by atoms with E-state index in [4.69, 9.17) is 4.74 Å². The molecule has 0 saturated heterocycles. The van der Waals surface area contributed by atoms with Gasteiger partial charge in [-0.25, -0.2) is 4.79 Å². The van der Waals surface area contributed by atoms with Crippen LogP contribution in [0.5, 0.6) is 0 Å². The SMILES string of the molecule is C=C(F)C(=O)O[C@@H]1C[C@H](C)CC[C@H]1C(C)(C)c1ccccc1. The van der Waals surface area contributed by atoms with E-state index in [1.807, 2.05) is 18.2 Å². The van der Waals surface area contributed by atoms with Crippen molar-refractivity contribution < 1.29 is 13.9 Å². The van der Waals surface area contributed by atoms with Crippen molar-refractivity contribution in [3.05, 3.63) is 48.3 Å². The lowest BCUT2D eigenvalue weighted by Gasteiger charge is -2.43. The van der Waals surface area contributed by atoms with Gasteiger partial charge in [0.1, 0.15) is 6.10 Å². The Morgan fingerprint density at radius 3 is 2.50 bits per heavy atom. The maximum Gasteiger partial charge on any atom is 0.366 e. The Labute approximate surface area is 132 Å². The average molecular weight is 304 g/mol. The van der Waals surface area contributed by atoms with Crippen molar-refractivity contribution >= 4 is 5.97 Å². The van der Waals surface area contributed by atoms with Crippen LogP contribution in [0.1, 0.15) is 45.6 Å². The van der Waals surface area contributed by atoms with E-state index in [9.17, 15) is 9.18 Å². The molecule has 0 heterocycles. The molecule has 3 atom stereocenters. The summed E-state index contributed by atoms with van der Waals surface area (Å²) in [6.07, 6.45) is 2.59. The second kappa shape index (κ2) is 6.64. The minimum Gasteiger partial charge on any atom is -0.457 e. The monoisotopic (exact) mass is 304 g/mol. The molecule has 0 amide bonds. The van der Waals surface area contributed by atoms with Crippen LogP contribution < -0.4 is 0 Å². The minimum absolute atomic E-state index is 0.135. The van der Waals surface area contributed by atoms with Gasteiger partial charge in [0.05, 0.1) is 0 Å². The third-order valence-electron chi connectivity index (χ3n) is 4.98. The second-order valence-corrected chi connectivity index (χ2v) is 6.96. The molecule has 0 N–H and O–H groups in total. The molecule has 1 fully saturated rings. The van der Waals surface area contributed by atoms with Crippen LogP contribution in [0.3, 0.4) is 0 Å². The van der Waals surface area contributed by atoms with E-state index in [2.05, 4.69) is 39.5 Å². The molecular weight excluding hydrogens is 279 g/mol. The molecule has 0 spiro atoms. The van der Waals surface area contributed by atoms with E-state index in [1.54, 1.807) is 0 Å². The standard InChI is InChI=1S/C19H25FO2/c1-13-10-11-16(17(12-13)22-18(21)14(2)20)19(3,4)15-8-6-5-7-9-15/h5-9,13,16-17H,2,10-12H2,1,3-4H3/t13-,16-,17-/m1/s1. The van der Waals surface area contributed by atoms with Crippen molar-refractivity contribution in [1.82, 2.24) is 0 Å². The summed E-state index contributed by atoms with van der Waals surface area (Å²) in [4.78, 5) is 11.6. The Bertz CT molecular complexity index is 536. The molecule has 1 saturated carbocycles. The number of rotatable bonds is 4. The van der Waals surface area contributed by atoms with E-state index < -0.39 is 11.8 Å². The van der Waals surface area contributed by atoms with Gasteiger partial charge >= 0.3 is 5.97 Å². The number of hydrogen-bond donors (Lipinski definition) is 0. The van der Waals surface area contributed by atoms with Gasteiger partial charge in [0.15, 0.2) is 0 Å². The van der Waals surface area contributed by atoms with E-state index in [1.165, 1.54) is 5.56 Å². The molecule has 2 nitrogen and oxygen atoms in total. The van der Waals surface area contributed by atoms with Gasteiger partial charge in [-0.15, -0.1) is 0 Å². The van der Waals surface area contributed by atoms with Crippen LogP contribution >= 0.6 is 0 Å². The number of carbonyl (C=O) groups is 1. The Hall–Kier alpha value is -1.64. The molecule has 2 rings (SSSR count). The summed E-state index contributed by atoms with van der Waals surface area (Å²) < 4.78 is 18.5. The first-order chi connectivity index (χ1) is 10.3. The van der Waals surface area contributed by atoms with E-state index in [0.717, 1.165) is 19.3 Å².